The van der Waals surface area contributed by atoms with Crippen LogP contribution in [0.25, 0.3) is 10.2 Å². The van der Waals surface area contributed by atoms with E-state index in [0.29, 0.717) is 25.1 Å². The molecule has 3 rings (SSSR count). The first-order valence-corrected chi connectivity index (χ1v) is 8.15. The molecule has 122 valence electrons. The minimum atomic E-state index is -0.508. The number of amides is 1. The molecular weight excluding hydrogens is 354 g/mol. The molecule has 24 heavy (non-hydrogen) atoms. The third-order valence-electron chi connectivity index (χ3n) is 3.02. The Morgan fingerprint density at radius 2 is 1.96 bits per heavy atom. The van der Waals surface area contributed by atoms with Crippen molar-refractivity contribution >= 4 is 55.6 Å². The number of carbonyl (C=O) groups excluding carboxylic acids is 2. The molecule has 0 bridgehead atoms. The fourth-order valence-corrected chi connectivity index (χ4v) is 3.62. The fourth-order valence-electron chi connectivity index (χ4n) is 1.91. The van der Waals surface area contributed by atoms with Gasteiger partial charge in [0.1, 0.15) is 4.88 Å². The average molecular weight is 363 g/mol. The molecular formula is C14H9N3O5S2. The fraction of sp³-hybridized carbons (Fsp3) is 0.0714. The Balaban J connectivity index is 1.81. The molecule has 1 N–H and O–H groups in total. The summed E-state index contributed by atoms with van der Waals surface area (Å²) < 4.78 is 5.19. The first-order valence-electron chi connectivity index (χ1n) is 6.52. The third-order valence-corrected chi connectivity index (χ3v) is 5.02. The molecule has 0 atom stereocenters. The van der Waals surface area contributed by atoms with Gasteiger partial charge in [0.05, 0.1) is 27.1 Å². The minimum Gasteiger partial charge on any atom is -0.465 e. The summed E-state index contributed by atoms with van der Waals surface area (Å²) in [5, 5.41) is 13.7. The summed E-state index contributed by atoms with van der Waals surface area (Å²) in [4.78, 5) is 38.8. The number of hydrogen-bond donors (Lipinski definition) is 1. The summed E-state index contributed by atoms with van der Waals surface area (Å²) in [5.41, 5.74) is 0.521. The van der Waals surface area contributed by atoms with Crippen LogP contribution >= 0.6 is 22.7 Å². The summed E-state index contributed by atoms with van der Waals surface area (Å²) >= 11 is 2.14. The lowest BCUT2D eigenvalue weighted by Gasteiger charge is -1.97. The number of thiophene rings is 1. The van der Waals surface area contributed by atoms with E-state index >= 15 is 0 Å². The number of aromatic nitrogens is 1. The van der Waals surface area contributed by atoms with E-state index in [0.717, 1.165) is 22.7 Å². The van der Waals surface area contributed by atoms with Crippen molar-refractivity contribution in [2.24, 2.45) is 0 Å². The predicted molar refractivity (Wildman–Crippen MR) is 89.9 cm³/mol. The van der Waals surface area contributed by atoms with Gasteiger partial charge in [-0.3, -0.25) is 20.2 Å². The van der Waals surface area contributed by atoms with Crippen molar-refractivity contribution in [3.8, 4) is 0 Å². The van der Waals surface area contributed by atoms with Crippen LogP contribution in [0.15, 0.2) is 30.3 Å². The topological polar surface area (TPSA) is 111 Å². The van der Waals surface area contributed by atoms with E-state index in [9.17, 15) is 19.7 Å². The second kappa shape index (κ2) is 6.34. The Labute approximate surface area is 142 Å². The number of esters is 1. The molecule has 0 saturated carbocycles. The number of nitrogens with one attached hydrogen (secondary N) is 1. The van der Waals surface area contributed by atoms with Crippen LogP contribution < -0.4 is 5.32 Å². The molecule has 0 aliphatic rings. The Kier molecular flexibility index (Phi) is 4.23. The minimum absolute atomic E-state index is 0.0370. The molecule has 10 heteroatoms. The van der Waals surface area contributed by atoms with Gasteiger partial charge in [-0.15, -0.1) is 11.3 Å². The van der Waals surface area contributed by atoms with Crippen LogP contribution in [0.1, 0.15) is 19.3 Å². The third kappa shape index (κ3) is 3.09. The standard InChI is InChI=1S/C14H9N3O5S2/c1-22-13(19)10-5-4-9(23-10)12(18)16-14-15-8-3-2-7(17(20)21)6-11(8)24-14/h2-6H,1H3,(H,15,16,18). The van der Waals surface area contributed by atoms with E-state index in [-0.39, 0.29) is 5.69 Å². The maximum atomic E-state index is 12.2. The molecule has 3 aromatic rings. The second-order valence-electron chi connectivity index (χ2n) is 4.54. The van der Waals surface area contributed by atoms with E-state index in [1.54, 1.807) is 0 Å². The number of anilines is 1. The number of nitro benzene ring substituents is 1. The first kappa shape index (κ1) is 16.0. The molecule has 0 unspecified atom stereocenters. The molecule has 0 fully saturated rings. The van der Waals surface area contributed by atoms with E-state index in [4.69, 9.17) is 0 Å². The van der Waals surface area contributed by atoms with E-state index in [1.807, 2.05) is 0 Å². The van der Waals surface area contributed by atoms with Crippen molar-refractivity contribution < 1.29 is 19.2 Å². The number of nitrogens with zero attached hydrogens (tertiary/aromatic N) is 2. The number of benzene rings is 1. The van der Waals surface area contributed by atoms with E-state index < -0.39 is 16.8 Å². The summed E-state index contributed by atoms with van der Waals surface area (Å²) in [6, 6.07) is 7.32. The van der Waals surface area contributed by atoms with Crippen molar-refractivity contribution in [3.63, 3.8) is 0 Å². The Morgan fingerprint density at radius 3 is 2.67 bits per heavy atom. The van der Waals surface area contributed by atoms with Gasteiger partial charge in [0.2, 0.25) is 0 Å². The zero-order valence-electron chi connectivity index (χ0n) is 12.1. The molecule has 0 spiro atoms. The first-order chi connectivity index (χ1) is 11.5. The Bertz CT molecular complexity index is 962. The Hall–Kier alpha value is -2.85. The zero-order chi connectivity index (χ0) is 17.3. The lowest BCUT2D eigenvalue weighted by atomic mass is 10.3. The van der Waals surface area contributed by atoms with Crippen LogP contribution in [-0.2, 0) is 4.74 Å². The normalized spacial score (nSPS) is 10.5. The monoisotopic (exact) mass is 363 g/mol. The smallest absolute Gasteiger partial charge is 0.348 e. The van der Waals surface area contributed by atoms with Gasteiger partial charge in [0.15, 0.2) is 5.13 Å². The second-order valence-corrected chi connectivity index (χ2v) is 6.65. The number of fused-ring (bicyclic) bond motifs is 1. The highest BCUT2D eigenvalue weighted by Crippen LogP contribution is 2.29. The van der Waals surface area contributed by atoms with Crippen LogP contribution in [-0.4, -0.2) is 28.9 Å². The summed E-state index contributed by atoms with van der Waals surface area (Å²) in [6.07, 6.45) is 0. The molecule has 0 aliphatic heterocycles. The molecule has 0 radical (unpaired) electrons. The number of methoxy groups -OCH3 is 1. The lowest BCUT2D eigenvalue weighted by molar-refractivity contribution is -0.384. The Morgan fingerprint density at radius 1 is 1.21 bits per heavy atom. The zero-order valence-corrected chi connectivity index (χ0v) is 13.8. The van der Waals surface area contributed by atoms with Crippen LogP contribution in [0.4, 0.5) is 10.8 Å². The van der Waals surface area contributed by atoms with Crippen LogP contribution in [0.3, 0.4) is 0 Å². The molecule has 1 aromatic carbocycles. The maximum Gasteiger partial charge on any atom is 0.348 e. The number of nitro groups is 1. The van der Waals surface area contributed by atoms with Crippen LogP contribution in [0, 0.1) is 10.1 Å². The van der Waals surface area contributed by atoms with Crippen molar-refractivity contribution in [1.29, 1.82) is 0 Å². The molecule has 8 nitrogen and oxygen atoms in total. The van der Waals surface area contributed by atoms with Crippen molar-refractivity contribution in [2.45, 2.75) is 0 Å². The largest absolute Gasteiger partial charge is 0.465 e. The van der Waals surface area contributed by atoms with Crippen LogP contribution in [0.5, 0.6) is 0 Å². The van der Waals surface area contributed by atoms with E-state index in [1.165, 1.54) is 37.4 Å². The SMILES string of the molecule is COC(=O)c1ccc(C(=O)Nc2nc3ccc([N+](=O)[O-])cc3s2)s1. The molecule has 2 heterocycles. The van der Waals surface area contributed by atoms with Gasteiger partial charge in [0.25, 0.3) is 11.6 Å². The van der Waals surface area contributed by atoms with Gasteiger partial charge in [0, 0.05) is 12.1 Å². The lowest BCUT2D eigenvalue weighted by Crippen LogP contribution is -2.09. The van der Waals surface area contributed by atoms with Crippen molar-refractivity contribution in [1.82, 2.24) is 4.98 Å². The van der Waals surface area contributed by atoms with Gasteiger partial charge < -0.3 is 4.74 Å². The number of thiazole rings is 1. The highest BCUT2D eigenvalue weighted by atomic mass is 32.1. The van der Waals surface area contributed by atoms with Gasteiger partial charge in [-0.25, -0.2) is 9.78 Å². The highest BCUT2D eigenvalue weighted by molar-refractivity contribution is 7.22. The quantitative estimate of drug-likeness (QED) is 0.432. The van der Waals surface area contributed by atoms with E-state index in [2.05, 4.69) is 15.0 Å². The maximum absolute atomic E-state index is 12.2. The number of rotatable bonds is 4. The van der Waals surface area contributed by atoms with Gasteiger partial charge in [-0.1, -0.05) is 11.3 Å². The number of ether oxygens (including phenoxy) is 1. The van der Waals surface area contributed by atoms with Crippen molar-refractivity contribution in [2.75, 3.05) is 12.4 Å². The molecule has 0 aliphatic carbocycles. The number of hydrogen-bond acceptors (Lipinski definition) is 8. The average Bonchev–Trinajstić information content (AvgIpc) is 3.19. The molecule has 0 saturated heterocycles. The van der Waals surface area contributed by atoms with Crippen LogP contribution in [0.2, 0.25) is 0 Å². The number of non-ortho nitro benzene ring substituents is 1. The summed E-state index contributed by atoms with van der Waals surface area (Å²) in [6.45, 7) is 0. The van der Waals surface area contributed by atoms with Gasteiger partial charge in [-0.05, 0) is 18.2 Å². The highest BCUT2D eigenvalue weighted by Gasteiger charge is 2.16. The van der Waals surface area contributed by atoms with Gasteiger partial charge >= 0.3 is 5.97 Å². The summed E-state index contributed by atoms with van der Waals surface area (Å²) in [5.74, 6) is -0.921. The molecule has 1 amide bonds. The van der Waals surface area contributed by atoms with Crippen molar-refractivity contribution in [3.05, 3.63) is 50.2 Å². The predicted octanol–water partition coefficient (Wildman–Crippen LogP) is 3.30. The summed E-state index contributed by atoms with van der Waals surface area (Å²) in [7, 11) is 1.27. The van der Waals surface area contributed by atoms with Gasteiger partial charge in [-0.2, -0.15) is 0 Å². The number of carbonyl (C=O) groups is 2. The molecule has 2 aromatic heterocycles.